The van der Waals surface area contributed by atoms with Crippen LogP contribution in [0.3, 0.4) is 0 Å². The number of aryl methyl sites for hydroxylation is 2. The van der Waals surface area contributed by atoms with Gasteiger partial charge in [-0.2, -0.15) is 0 Å². The predicted molar refractivity (Wildman–Crippen MR) is 146 cm³/mol. The molecule has 0 saturated heterocycles. The second-order valence-corrected chi connectivity index (χ2v) is 10.0. The monoisotopic (exact) mass is 516 g/mol. The first-order valence-electron chi connectivity index (χ1n) is 12.6. The standard InChI is InChI=1S/C28H32N6O4/c1-15(2)33-21-9-7-17(5)13-19(21)25(27(33)37)31-29-23(35)11-12-24(36)30-32-26-20-14-18(6)8-10-22(20)34(16(3)4)28(26)38/h7-10,13-16,37-38H,11-12H2,1-6H3. The van der Waals surface area contributed by atoms with Crippen LogP contribution in [0, 0.1) is 13.8 Å². The lowest BCUT2D eigenvalue weighted by Gasteiger charge is -2.10. The Hall–Kier alpha value is -4.34. The fourth-order valence-corrected chi connectivity index (χ4v) is 4.56. The number of aromatic nitrogens is 2. The molecule has 0 bridgehead atoms. The van der Waals surface area contributed by atoms with Crippen LogP contribution in [0.15, 0.2) is 56.9 Å². The van der Waals surface area contributed by atoms with Crippen LogP contribution in [0.4, 0.5) is 11.4 Å². The van der Waals surface area contributed by atoms with Crippen molar-refractivity contribution in [1.82, 2.24) is 9.13 Å². The van der Waals surface area contributed by atoms with Crippen LogP contribution >= 0.6 is 0 Å². The lowest BCUT2D eigenvalue weighted by Crippen LogP contribution is -1.99. The molecule has 198 valence electrons. The number of amides is 2. The Kier molecular flexibility index (Phi) is 7.43. The van der Waals surface area contributed by atoms with E-state index >= 15 is 0 Å². The summed E-state index contributed by atoms with van der Waals surface area (Å²) in [5.41, 5.74) is 3.97. The highest BCUT2D eigenvalue weighted by molar-refractivity contribution is 5.97. The van der Waals surface area contributed by atoms with E-state index in [4.69, 9.17) is 0 Å². The summed E-state index contributed by atoms with van der Waals surface area (Å²) in [5, 5.41) is 38.3. The summed E-state index contributed by atoms with van der Waals surface area (Å²) in [5.74, 6) is -1.39. The summed E-state index contributed by atoms with van der Waals surface area (Å²) in [6.45, 7) is 11.6. The fourth-order valence-electron chi connectivity index (χ4n) is 4.56. The molecule has 2 amide bonds. The zero-order chi connectivity index (χ0) is 27.7. The number of rotatable bonds is 7. The Morgan fingerprint density at radius 3 is 1.42 bits per heavy atom. The zero-order valence-electron chi connectivity index (χ0n) is 22.4. The van der Waals surface area contributed by atoms with Crippen LogP contribution in [-0.2, 0) is 9.59 Å². The number of aromatic hydroxyl groups is 2. The van der Waals surface area contributed by atoms with Crippen LogP contribution in [0.5, 0.6) is 11.8 Å². The molecule has 10 heteroatoms. The van der Waals surface area contributed by atoms with Gasteiger partial charge in [0.15, 0.2) is 11.4 Å². The van der Waals surface area contributed by atoms with Crippen LogP contribution in [0.25, 0.3) is 21.8 Å². The molecule has 0 aliphatic rings. The maximum atomic E-state index is 12.4. The number of nitrogens with zero attached hydrogens (tertiary/aromatic N) is 6. The average Bonchev–Trinajstić information content (AvgIpc) is 3.28. The van der Waals surface area contributed by atoms with E-state index in [1.54, 1.807) is 9.13 Å². The van der Waals surface area contributed by atoms with Crippen molar-refractivity contribution in [2.24, 2.45) is 20.5 Å². The quantitative estimate of drug-likeness (QED) is 0.246. The van der Waals surface area contributed by atoms with Crippen LogP contribution in [0.1, 0.15) is 63.7 Å². The first-order chi connectivity index (χ1) is 18.0. The van der Waals surface area contributed by atoms with E-state index in [1.165, 1.54) is 0 Å². The van der Waals surface area contributed by atoms with E-state index in [2.05, 4.69) is 20.5 Å². The largest absolute Gasteiger partial charge is 0.493 e. The van der Waals surface area contributed by atoms with E-state index in [0.717, 1.165) is 22.2 Å². The number of carbonyl (C=O) groups excluding carboxylic acids is 2. The Balaban J connectivity index is 1.49. The molecule has 2 aromatic carbocycles. The number of carbonyl (C=O) groups is 2. The molecule has 0 saturated carbocycles. The van der Waals surface area contributed by atoms with Gasteiger partial charge in [-0.3, -0.25) is 9.59 Å². The summed E-state index contributed by atoms with van der Waals surface area (Å²) in [6.07, 6.45) is -0.439. The van der Waals surface area contributed by atoms with Crippen molar-refractivity contribution in [2.45, 2.75) is 66.5 Å². The van der Waals surface area contributed by atoms with E-state index in [1.807, 2.05) is 77.9 Å². The SMILES string of the molecule is Cc1ccc2c(c1)c(N=NC(=O)CCC(=O)N=Nc1c(O)n(C(C)C)c3ccc(C)cc13)c(O)n2C(C)C. The van der Waals surface area contributed by atoms with E-state index in [9.17, 15) is 19.8 Å². The van der Waals surface area contributed by atoms with E-state index in [-0.39, 0.29) is 48.1 Å². The molecule has 2 N–H and O–H groups in total. The Labute approximate surface area is 220 Å². The molecule has 2 aromatic heterocycles. The Morgan fingerprint density at radius 1 is 0.711 bits per heavy atom. The van der Waals surface area contributed by atoms with Crippen LogP contribution in [-0.4, -0.2) is 31.2 Å². The van der Waals surface area contributed by atoms with Crippen molar-refractivity contribution in [2.75, 3.05) is 0 Å². The van der Waals surface area contributed by atoms with Crippen molar-refractivity contribution in [1.29, 1.82) is 0 Å². The first kappa shape index (κ1) is 26.7. The van der Waals surface area contributed by atoms with Gasteiger partial charge in [-0.25, -0.2) is 0 Å². The van der Waals surface area contributed by atoms with Gasteiger partial charge >= 0.3 is 0 Å². The number of hydrogen-bond acceptors (Lipinski definition) is 6. The predicted octanol–water partition coefficient (Wildman–Crippen LogP) is 7.49. The summed E-state index contributed by atoms with van der Waals surface area (Å²) in [7, 11) is 0. The zero-order valence-corrected chi connectivity index (χ0v) is 22.4. The summed E-state index contributed by atoms with van der Waals surface area (Å²) in [6, 6.07) is 11.4. The summed E-state index contributed by atoms with van der Waals surface area (Å²) in [4.78, 5) is 24.8. The molecule has 0 atom stereocenters. The van der Waals surface area contributed by atoms with Crippen molar-refractivity contribution in [3.63, 3.8) is 0 Å². The van der Waals surface area contributed by atoms with Crippen LogP contribution < -0.4 is 0 Å². The maximum Gasteiger partial charge on any atom is 0.265 e. The molecule has 0 aliphatic heterocycles. The third kappa shape index (κ3) is 5.06. The van der Waals surface area contributed by atoms with Crippen molar-refractivity contribution < 1.29 is 19.8 Å². The van der Waals surface area contributed by atoms with Gasteiger partial charge in [0.05, 0.1) is 11.0 Å². The Morgan fingerprint density at radius 2 is 1.08 bits per heavy atom. The molecular weight excluding hydrogens is 484 g/mol. The molecule has 4 aromatic rings. The normalized spacial score (nSPS) is 12.3. The minimum absolute atomic E-state index is 0.0271. The summed E-state index contributed by atoms with van der Waals surface area (Å²) >= 11 is 0. The number of benzene rings is 2. The minimum Gasteiger partial charge on any atom is -0.493 e. The van der Waals surface area contributed by atoms with Gasteiger partial charge in [0, 0.05) is 35.7 Å². The second-order valence-electron chi connectivity index (χ2n) is 10.0. The van der Waals surface area contributed by atoms with Crippen molar-refractivity contribution >= 4 is 45.0 Å². The van der Waals surface area contributed by atoms with Gasteiger partial charge in [0.1, 0.15) is 0 Å². The highest BCUT2D eigenvalue weighted by Gasteiger charge is 2.20. The van der Waals surface area contributed by atoms with Gasteiger partial charge in [-0.15, -0.1) is 20.5 Å². The van der Waals surface area contributed by atoms with Gasteiger partial charge in [0.2, 0.25) is 11.8 Å². The molecule has 0 unspecified atom stereocenters. The maximum absolute atomic E-state index is 12.4. The molecule has 4 rings (SSSR count). The molecule has 0 radical (unpaired) electrons. The molecule has 0 fully saturated rings. The van der Waals surface area contributed by atoms with Gasteiger partial charge in [-0.05, 0) is 65.8 Å². The average molecular weight is 517 g/mol. The van der Waals surface area contributed by atoms with Gasteiger partial charge < -0.3 is 19.3 Å². The second kappa shape index (κ2) is 10.6. The highest BCUT2D eigenvalue weighted by atomic mass is 16.3. The van der Waals surface area contributed by atoms with E-state index in [0.29, 0.717) is 10.8 Å². The smallest absolute Gasteiger partial charge is 0.265 e. The third-order valence-corrected chi connectivity index (χ3v) is 6.32. The molecule has 0 aliphatic carbocycles. The Bertz CT molecular complexity index is 1490. The van der Waals surface area contributed by atoms with Crippen LogP contribution in [0.2, 0.25) is 0 Å². The molecule has 2 heterocycles. The topological polar surface area (TPSA) is 134 Å². The highest BCUT2D eigenvalue weighted by Crippen LogP contribution is 2.42. The molecule has 10 nitrogen and oxygen atoms in total. The number of fused-ring (bicyclic) bond motifs is 2. The molecule has 0 spiro atoms. The number of azo groups is 2. The molecular formula is C28H32N6O4. The van der Waals surface area contributed by atoms with Crippen molar-refractivity contribution in [3.05, 3.63) is 47.5 Å². The third-order valence-electron chi connectivity index (χ3n) is 6.32. The fraction of sp³-hybridized carbons (Fsp3) is 0.357. The van der Waals surface area contributed by atoms with Gasteiger partial charge in [-0.1, -0.05) is 23.3 Å². The molecule has 38 heavy (non-hydrogen) atoms. The minimum atomic E-state index is -0.624. The first-order valence-corrected chi connectivity index (χ1v) is 12.6. The summed E-state index contributed by atoms with van der Waals surface area (Å²) < 4.78 is 3.45. The van der Waals surface area contributed by atoms with E-state index < -0.39 is 11.8 Å². The van der Waals surface area contributed by atoms with Crippen molar-refractivity contribution in [3.8, 4) is 11.8 Å². The lowest BCUT2D eigenvalue weighted by molar-refractivity contribution is -0.123. The lowest BCUT2D eigenvalue weighted by atomic mass is 10.1. The number of hydrogen-bond donors (Lipinski definition) is 2. The van der Waals surface area contributed by atoms with Gasteiger partial charge in [0.25, 0.3) is 11.8 Å².